The van der Waals surface area contributed by atoms with Crippen molar-refractivity contribution in [1.29, 1.82) is 0 Å². The van der Waals surface area contributed by atoms with Crippen LogP contribution >= 0.6 is 46.7 Å². The molecule has 0 bridgehead atoms. The van der Waals surface area contributed by atoms with Crippen molar-refractivity contribution in [2.75, 3.05) is 38.1 Å². The Morgan fingerprint density at radius 1 is 1.24 bits per heavy atom. The minimum absolute atomic E-state index is 0. The first kappa shape index (κ1) is 18.5. The third-order valence-electron chi connectivity index (χ3n) is 4.18. The molecule has 0 atom stereocenters. The quantitative estimate of drug-likeness (QED) is 0.350. The zero-order chi connectivity index (χ0) is 16.4. The highest BCUT2D eigenvalue weighted by molar-refractivity contribution is 14.0. The molecular weight excluding hydrogens is 467 g/mol. The van der Waals surface area contributed by atoms with E-state index in [0.717, 1.165) is 42.8 Å². The summed E-state index contributed by atoms with van der Waals surface area (Å²) in [5, 5.41) is 8.99. The summed E-state index contributed by atoms with van der Waals surface area (Å²) in [7, 11) is 1.85. The van der Waals surface area contributed by atoms with Gasteiger partial charge in [-0.25, -0.2) is 4.98 Å². The molecule has 3 aromatic heterocycles. The molecular formula is C16H21IN6S2. The van der Waals surface area contributed by atoms with Crippen LogP contribution in [-0.4, -0.2) is 53.5 Å². The maximum Gasteiger partial charge on any atom is 0.194 e. The largest absolute Gasteiger partial charge is 0.360 e. The SMILES string of the molecule is CN=C(NCc1cn2ccsc2n1)N1CCN(c2cccs2)CC1.I. The van der Waals surface area contributed by atoms with Crippen molar-refractivity contribution in [3.8, 4) is 0 Å². The molecule has 0 aromatic carbocycles. The number of anilines is 1. The van der Waals surface area contributed by atoms with E-state index in [2.05, 4.69) is 53.2 Å². The number of rotatable bonds is 3. The topological polar surface area (TPSA) is 48.2 Å². The molecule has 3 aromatic rings. The van der Waals surface area contributed by atoms with E-state index in [4.69, 9.17) is 0 Å². The first-order valence-electron chi connectivity index (χ1n) is 7.98. The molecule has 0 aliphatic carbocycles. The van der Waals surface area contributed by atoms with Gasteiger partial charge in [-0.3, -0.25) is 9.39 Å². The van der Waals surface area contributed by atoms with Crippen LogP contribution in [0.5, 0.6) is 0 Å². The predicted molar refractivity (Wildman–Crippen MR) is 117 cm³/mol. The Labute approximate surface area is 172 Å². The average Bonchev–Trinajstić information content (AvgIpc) is 3.33. The van der Waals surface area contributed by atoms with Crippen LogP contribution in [0.15, 0.2) is 40.3 Å². The van der Waals surface area contributed by atoms with Gasteiger partial charge >= 0.3 is 0 Å². The second-order valence-corrected chi connectivity index (χ2v) is 7.45. The number of piperazine rings is 1. The zero-order valence-electron chi connectivity index (χ0n) is 14.0. The summed E-state index contributed by atoms with van der Waals surface area (Å²) in [6.45, 7) is 4.72. The van der Waals surface area contributed by atoms with Crippen molar-refractivity contribution in [2.45, 2.75) is 6.54 Å². The van der Waals surface area contributed by atoms with E-state index in [9.17, 15) is 0 Å². The normalized spacial score (nSPS) is 15.5. The lowest BCUT2D eigenvalue weighted by Gasteiger charge is -2.36. The Kier molecular flexibility index (Phi) is 6.18. The fourth-order valence-corrected chi connectivity index (χ4v) is 4.46. The van der Waals surface area contributed by atoms with E-state index < -0.39 is 0 Å². The lowest BCUT2D eigenvalue weighted by atomic mass is 10.3. The lowest BCUT2D eigenvalue weighted by Crippen LogP contribution is -2.52. The second-order valence-electron chi connectivity index (χ2n) is 5.65. The molecule has 4 rings (SSSR count). The van der Waals surface area contributed by atoms with Gasteiger partial charge in [0.2, 0.25) is 0 Å². The van der Waals surface area contributed by atoms with E-state index in [0.29, 0.717) is 6.54 Å². The van der Waals surface area contributed by atoms with Crippen molar-refractivity contribution >= 4 is 62.6 Å². The lowest BCUT2D eigenvalue weighted by molar-refractivity contribution is 0.373. The fourth-order valence-electron chi connectivity index (χ4n) is 2.95. The summed E-state index contributed by atoms with van der Waals surface area (Å²) in [6.07, 6.45) is 4.11. The summed E-state index contributed by atoms with van der Waals surface area (Å²) < 4.78 is 2.06. The highest BCUT2D eigenvalue weighted by atomic mass is 127. The van der Waals surface area contributed by atoms with Gasteiger partial charge in [-0.2, -0.15) is 0 Å². The number of thiazole rings is 1. The van der Waals surface area contributed by atoms with Crippen LogP contribution in [0.2, 0.25) is 0 Å². The van der Waals surface area contributed by atoms with Gasteiger partial charge in [0.15, 0.2) is 10.9 Å². The van der Waals surface area contributed by atoms with Crippen LogP contribution in [0.1, 0.15) is 5.69 Å². The maximum atomic E-state index is 4.61. The third-order valence-corrected chi connectivity index (χ3v) is 5.88. The first-order chi connectivity index (χ1) is 11.8. The molecule has 1 N–H and O–H groups in total. The molecule has 9 heteroatoms. The molecule has 4 heterocycles. The Bertz CT molecular complexity index is 788. The monoisotopic (exact) mass is 488 g/mol. The van der Waals surface area contributed by atoms with Crippen molar-refractivity contribution in [3.63, 3.8) is 0 Å². The minimum Gasteiger partial charge on any atom is -0.360 e. The van der Waals surface area contributed by atoms with E-state index >= 15 is 0 Å². The molecule has 6 nitrogen and oxygen atoms in total. The summed E-state index contributed by atoms with van der Waals surface area (Å²) >= 11 is 3.46. The molecule has 0 radical (unpaired) electrons. The van der Waals surface area contributed by atoms with E-state index in [1.54, 1.807) is 11.3 Å². The average molecular weight is 488 g/mol. The molecule has 1 aliphatic rings. The molecule has 0 unspecified atom stereocenters. The number of aliphatic imine (C=N–C) groups is 1. The standard InChI is InChI=1S/C16H20N6S2.HI/c1-17-15(18-11-13-12-22-8-10-24-16(22)19-13)21-6-4-20(5-7-21)14-3-2-9-23-14;/h2-3,8-10,12H,4-7,11H2,1H3,(H,17,18);1H. The molecule has 1 fully saturated rings. The highest BCUT2D eigenvalue weighted by Crippen LogP contribution is 2.22. The number of halogens is 1. The summed E-state index contributed by atoms with van der Waals surface area (Å²) in [6, 6.07) is 4.31. The number of guanidine groups is 1. The van der Waals surface area contributed by atoms with Crippen LogP contribution < -0.4 is 10.2 Å². The molecule has 1 aliphatic heterocycles. The van der Waals surface area contributed by atoms with Crippen molar-refractivity contribution < 1.29 is 0 Å². The van der Waals surface area contributed by atoms with Crippen molar-refractivity contribution in [1.82, 2.24) is 19.6 Å². The number of thiophene rings is 1. The Balaban J connectivity index is 0.00000182. The van der Waals surface area contributed by atoms with E-state index in [-0.39, 0.29) is 24.0 Å². The second kappa shape index (κ2) is 8.37. The van der Waals surface area contributed by atoms with Crippen LogP contribution in [0.3, 0.4) is 0 Å². The zero-order valence-corrected chi connectivity index (χ0v) is 17.9. The number of hydrogen-bond donors (Lipinski definition) is 1. The van der Waals surface area contributed by atoms with Crippen molar-refractivity contribution in [2.24, 2.45) is 4.99 Å². The summed E-state index contributed by atoms with van der Waals surface area (Å²) in [4.78, 5) is 14.8. The number of aromatic nitrogens is 2. The molecule has 134 valence electrons. The molecule has 0 saturated carbocycles. The fraction of sp³-hybridized carbons (Fsp3) is 0.375. The summed E-state index contributed by atoms with van der Waals surface area (Å²) in [5.41, 5.74) is 1.04. The van der Waals surface area contributed by atoms with Gasteiger partial charge in [-0.15, -0.1) is 46.7 Å². The van der Waals surface area contributed by atoms with Crippen molar-refractivity contribution in [3.05, 3.63) is 41.0 Å². The van der Waals surface area contributed by atoms with Gasteiger partial charge in [-0.05, 0) is 17.5 Å². The molecule has 1 saturated heterocycles. The van der Waals surface area contributed by atoms with Gasteiger partial charge in [0.1, 0.15) is 0 Å². The molecule has 0 spiro atoms. The smallest absolute Gasteiger partial charge is 0.194 e. The van der Waals surface area contributed by atoms with Crippen LogP contribution in [0.4, 0.5) is 5.00 Å². The van der Waals surface area contributed by atoms with E-state index in [1.165, 1.54) is 5.00 Å². The van der Waals surface area contributed by atoms with Crippen LogP contribution in [-0.2, 0) is 6.54 Å². The Morgan fingerprint density at radius 2 is 2.08 bits per heavy atom. The van der Waals surface area contributed by atoms with Gasteiger partial charge in [0.05, 0.1) is 17.2 Å². The Morgan fingerprint density at radius 3 is 2.76 bits per heavy atom. The number of imidazole rings is 1. The number of nitrogens with zero attached hydrogens (tertiary/aromatic N) is 5. The molecule has 0 amide bonds. The number of fused-ring (bicyclic) bond motifs is 1. The Hall–Kier alpha value is -1.33. The predicted octanol–water partition coefficient (Wildman–Crippen LogP) is 2.97. The first-order valence-corrected chi connectivity index (χ1v) is 9.74. The van der Waals surface area contributed by atoms with Gasteiger partial charge in [-0.1, -0.05) is 0 Å². The van der Waals surface area contributed by atoms with Gasteiger partial charge in [0.25, 0.3) is 0 Å². The number of hydrogen-bond acceptors (Lipinski definition) is 5. The van der Waals surface area contributed by atoms with Gasteiger partial charge < -0.3 is 15.1 Å². The third kappa shape index (κ3) is 4.09. The van der Waals surface area contributed by atoms with Crippen LogP contribution in [0, 0.1) is 0 Å². The minimum atomic E-state index is 0. The van der Waals surface area contributed by atoms with E-state index in [1.807, 2.05) is 30.0 Å². The highest BCUT2D eigenvalue weighted by Gasteiger charge is 2.20. The summed E-state index contributed by atoms with van der Waals surface area (Å²) in [5.74, 6) is 0.956. The maximum absolute atomic E-state index is 4.61. The van der Waals surface area contributed by atoms with Crippen LogP contribution in [0.25, 0.3) is 4.96 Å². The molecule has 25 heavy (non-hydrogen) atoms. The number of nitrogens with one attached hydrogen (secondary N) is 1. The van der Waals surface area contributed by atoms with Gasteiger partial charge in [0, 0.05) is 51.0 Å².